The second kappa shape index (κ2) is 9.21. The van der Waals surface area contributed by atoms with Crippen LogP contribution in [0.25, 0.3) is 0 Å². The third kappa shape index (κ3) is 6.86. The molecule has 0 bridgehead atoms. The lowest BCUT2D eigenvalue weighted by atomic mass is 9.87. The van der Waals surface area contributed by atoms with Crippen LogP contribution in [0.3, 0.4) is 0 Å². The van der Waals surface area contributed by atoms with Crippen LogP contribution in [0.5, 0.6) is 0 Å². The molecule has 0 fully saturated rings. The van der Waals surface area contributed by atoms with Gasteiger partial charge in [0.1, 0.15) is 0 Å². The maximum Gasteiger partial charge on any atom is 0.0762 e. The van der Waals surface area contributed by atoms with Gasteiger partial charge in [-0.1, -0.05) is 36.5 Å². The van der Waals surface area contributed by atoms with E-state index in [4.69, 9.17) is 0 Å². The van der Waals surface area contributed by atoms with Gasteiger partial charge in [-0.15, -0.1) is 0 Å². The summed E-state index contributed by atoms with van der Waals surface area (Å²) in [4.78, 5) is 0. The molecule has 3 heteroatoms. The Labute approximate surface area is 140 Å². The number of aliphatic hydroxyl groups excluding tert-OH is 3. The molecule has 3 N–H and O–H groups in total. The van der Waals surface area contributed by atoms with Crippen LogP contribution in [0.4, 0.5) is 0 Å². The van der Waals surface area contributed by atoms with Crippen molar-refractivity contribution in [3.63, 3.8) is 0 Å². The molecule has 0 aliphatic heterocycles. The Hall–Kier alpha value is -1.16. The summed E-state index contributed by atoms with van der Waals surface area (Å²) in [5.74, 6) is 0.211. The van der Waals surface area contributed by atoms with Crippen molar-refractivity contribution < 1.29 is 15.3 Å². The topological polar surface area (TPSA) is 60.7 Å². The summed E-state index contributed by atoms with van der Waals surface area (Å²) in [7, 11) is 0. The summed E-state index contributed by atoms with van der Waals surface area (Å²) in [5, 5.41) is 30.7. The average molecular weight is 320 g/mol. The van der Waals surface area contributed by atoms with Gasteiger partial charge in [-0.05, 0) is 63.5 Å². The van der Waals surface area contributed by atoms with Crippen LogP contribution in [-0.4, -0.2) is 33.6 Å². The SMILES string of the molecule is C=C(C)C1C/C=C(\C)CC[C@H](O)C(=C)C[C@@H](O)/C=C(\C)[C@@H](O)C1. The summed E-state index contributed by atoms with van der Waals surface area (Å²) in [6.45, 7) is 13.8. The van der Waals surface area contributed by atoms with Gasteiger partial charge >= 0.3 is 0 Å². The van der Waals surface area contributed by atoms with Crippen LogP contribution in [0, 0.1) is 5.92 Å². The monoisotopic (exact) mass is 320 g/mol. The predicted molar refractivity (Wildman–Crippen MR) is 96.1 cm³/mol. The third-order valence-corrected chi connectivity index (χ3v) is 4.69. The quantitative estimate of drug-likeness (QED) is 0.646. The molecule has 4 atom stereocenters. The van der Waals surface area contributed by atoms with Gasteiger partial charge in [-0.25, -0.2) is 0 Å². The molecule has 0 heterocycles. The average Bonchev–Trinajstić information content (AvgIpc) is 2.46. The molecular weight excluding hydrogens is 288 g/mol. The molecule has 0 radical (unpaired) electrons. The van der Waals surface area contributed by atoms with E-state index in [2.05, 4.69) is 26.2 Å². The summed E-state index contributed by atoms with van der Waals surface area (Å²) in [5.41, 5.74) is 3.67. The third-order valence-electron chi connectivity index (χ3n) is 4.69. The van der Waals surface area contributed by atoms with Gasteiger partial charge in [0.25, 0.3) is 0 Å². The van der Waals surface area contributed by atoms with Gasteiger partial charge in [0.05, 0.1) is 18.3 Å². The first-order chi connectivity index (χ1) is 10.7. The van der Waals surface area contributed by atoms with Crippen molar-refractivity contribution in [2.45, 2.75) is 71.2 Å². The van der Waals surface area contributed by atoms with E-state index in [0.29, 0.717) is 24.8 Å². The molecule has 0 spiro atoms. The van der Waals surface area contributed by atoms with Crippen molar-refractivity contribution in [1.29, 1.82) is 0 Å². The highest BCUT2D eigenvalue weighted by atomic mass is 16.3. The van der Waals surface area contributed by atoms with Crippen LogP contribution < -0.4 is 0 Å². The summed E-state index contributed by atoms with van der Waals surface area (Å²) >= 11 is 0. The van der Waals surface area contributed by atoms with Crippen molar-refractivity contribution in [3.05, 3.63) is 47.6 Å². The molecule has 130 valence electrons. The molecule has 0 aromatic carbocycles. The number of rotatable bonds is 1. The fraction of sp³-hybridized carbons (Fsp3) is 0.600. The molecule has 1 aliphatic rings. The zero-order valence-electron chi connectivity index (χ0n) is 14.8. The van der Waals surface area contributed by atoms with E-state index in [0.717, 1.165) is 24.0 Å². The smallest absolute Gasteiger partial charge is 0.0762 e. The van der Waals surface area contributed by atoms with E-state index < -0.39 is 18.3 Å². The minimum absolute atomic E-state index is 0.211. The van der Waals surface area contributed by atoms with Crippen LogP contribution in [-0.2, 0) is 0 Å². The first-order valence-electron chi connectivity index (χ1n) is 8.42. The fourth-order valence-corrected chi connectivity index (χ4v) is 2.85. The lowest BCUT2D eigenvalue weighted by molar-refractivity contribution is 0.164. The van der Waals surface area contributed by atoms with Gasteiger partial charge in [-0.3, -0.25) is 0 Å². The van der Waals surface area contributed by atoms with Crippen molar-refractivity contribution in [3.8, 4) is 0 Å². The van der Waals surface area contributed by atoms with Crippen molar-refractivity contribution in [1.82, 2.24) is 0 Å². The highest BCUT2D eigenvalue weighted by molar-refractivity contribution is 5.15. The molecular formula is C20H32O3. The highest BCUT2D eigenvalue weighted by Crippen LogP contribution is 2.26. The Morgan fingerprint density at radius 1 is 1.17 bits per heavy atom. The maximum atomic E-state index is 10.4. The number of allylic oxidation sites excluding steroid dienone is 3. The molecule has 1 unspecified atom stereocenters. The molecule has 0 aromatic heterocycles. The van der Waals surface area contributed by atoms with E-state index in [9.17, 15) is 15.3 Å². The van der Waals surface area contributed by atoms with Gasteiger partial charge in [0.2, 0.25) is 0 Å². The summed E-state index contributed by atoms with van der Waals surface area (Å²) in [6.07, 6.45) is 5.11. The van der Waals surface area contributed by atoms with Crippen LogP contribution >= 0.6 is 0 Å². The molecule has 0 aromatic rings. The van der Waals surface area contributed by atoms with Crippen molar-refractivity contribution in [2.75, 3.05) is 0 Å². The molecule has 1 aliphatic carbocycles. The van der Waals surface area contributed by atoms with Crippen molar-refractivity contribution in [2.24, 2.45) is 5.92 Å². The van der Waals surface area contributed by atoms with Crippen LogP contribution in [0.2, 0.25) is 0 Å². The lowest BCUT2D eigenvalue weighted by Crippen LogP contribution is -2.19. The first kappa shape index (κ1) is 19.9. The zero-order chi connectivity index (χ0) is 17.6. The lowest BCUT2D eigenvalue weighted by Gasteiger charge is -2.22. The van der Waals surface area contributed by atoms with Crippen LogP contribution in [0.1, 0.15) is 52.9 Å². The molecule has 1 rings (SSSR count). The normalized spacial score (nSPS) is 36.3. The number of hydrogen-bond acceptors (Lipinski definition) is 3. The second-order valence-corrected chi connectivity index (χ2v) is 6.98. The van der Waals surface area contributed by atoms with Crippen molar-refractivity contribution >= 4 is 0 Å². The number of hydrogen-bond donors (Lipinski definition) is 3. The van der Waals surface area contributed by atoms with E-state index in [1.54, 1.807) is 6.08 Å². The molecule has 0 saturated heterocycles. The van der Waals surface area contributed by atoms with E-state index >= 15 is 0 Å². The van der Waals surface area contributed by atoms with Gasteiger partial charge in [0.15, 0.2) is 0 Å². The van der Waals surface area contributed by atoms with Crippen LogP contribution in [0.15, 0.2) is 47.6 Å². The Kier molecular flexibility index (Phi) is 7.97. The largest absolute Gasteiger partial charge is 0.389 e. The maximum absolute atomic E-state index is 10.4. The summed E-state index contributed by atoms with van der Waals surface area (Å²) in [6, 6.07) is 0. The van der Waals surface area contributed by atoms with E-state index in [1.807, 2.05) is 13.8 Å². The molecule has 0 amide bonds. The summed E-state index contributed by atoms with van der Waals surface area (Å²) < 4.78 is 0. The highest BCUT2D eigenvalue weighted by Gasteiger charge is 2.19. The predicted octanol–water partition coefficient (Wildman–Crippen LogP) is 3.67. The van der Waals surface area contributed by atoms with E-state index in [1.165, 1.54) is 5.57 Å². The second-order valence-electron chi connectivity index (χ2n) is 6.98. The number of aliphatic hydroxyl groups is 3. The van der Waals surface area contributed by atoms with Gasteiger partial charge in [-0.2, -0.15) is 0 Å². The Balaban J connectivity index is 3.00. The molecule has 3 nitrogen and oxygen atoms in total. The standard InChI is InChI=1S/C20H32O3/c1-13(2)17-8-6-14(3)7-9-19(22)15(4)10-18(21)11-16(5)20(23)12-17/h6,11,17-23H,1,4,7-10,12H2,2-3,5H3/b14-6+,16-11+/t17?,18-,19+,20+/m1/s1. The Bertz CT molecular complexity index is 487. The minimum Gasteiger partial charge on any atom is -0.389 e. The first-order valence-corrected chi connectivity index (χ1v) is 8.42. The Morgan fingerprint density at radius 2 is 1.83 bits per heavy atom. The minimum atomic E-state index is -0.727. The van der Waals surface area contributed by atoms with Gasteiger partial charge in [0, 0.05) is 6.42 Å². The Morgan fingerprint density at radius 3 is 2.43 bits per heavy atom. The molecule has 0 saturated carbocycles. The van der Waals surface area contributed by atoms with Gasteiger partial charge < -0.3 is 15.3 Å². The zero-order valence-corrected chi connectivity index (χ0v) is 14.8. The van der Waals surface area contributed by atoms with E-state index in [-0.39, 0.29) is 5.92 Å². The fourth-order valence-electron chi connectivity index (χ4n) is 2.85. The molecule has 23 heavy (non-hydrogen) atoms.